The van der Waals surface area contributed by atoms with E-state index >= 15 is 0 Å². The molecule has 0 aliphatic heterocycles. The lowest BCUT2D eigenvalue weighted by Gasteiger charge is -2.13. The molecule has 4 N–H and O–H groups in total. The van der Waals surface area contributed by atoms with E-state index in [0.717, 1.165) is 21.5 Å². The summed E-state index contributed by atoms with van der Waals surface area (Å²) in [6.07, 6.45) is -0.0507. The van der Waals surface area contributed by atoms with Crippen LogP contribution in [0.3, 0.4) is 0 Å². The zero-order valence-electron chi connectivity index (χ0n) is 13.2. The van der Waals surface area contributed by atoms with Gasteiger partial charge in [-0.05, 0) is 31.0 Å². The first-order valence-electron chi connectivity index (χ1n) is 7.46. The second-order valence-electron chi connectivity index (χ2n) is 5.04. The summed E-state index contributed by atoms with van der Waals surface area (Å²) < 4.78 is 0.936. The number of phenolic OH excluding ortho intramolecular Hbond substituents is 1. The van der Waals surface area contributed by atoms with Gasteiger partial charge in [0.2, 0.25) is 0 Å². The van der Waals surface area contributed by atoms with E-state index in [2.05, 4.69) is 20.8 Å². The van der Waals surface area contributed by atoms with E-state index in [1.54, 1.807) is 35.2 Å². The van der Waals surface area contributed by atoms with Crippen LogP contribution >= 0.6 is 23.1 Å². The summed E-state index contributed by atoms with van der Waals surface area (Å²) in [7, 11) is 0. The van der Waals surface area contributed by atoms with E-state index in [9.17, 15) is 15.0 Å². The van der Waals surface area contributed by atoms with Gasteiger partial charge in [-0.1, -0.05) is 35.2 Å². The van der Waals surface area contributed by atoms with Gasteiger partial charge in [-0.25, -0.2) is 4.79 Å². The number of nitrogens with zero attached hydrogens (tertiary/aromatic N) is 2. The molecule has 0 bridgehead atoms. The number of hydrogen-bond acceptors (Lipinski definition) is 7. The van der Waals surface area contributed by atoms with Crippen molar-refractivity contribution < 1.29 is 15.0 Å². The van der Waals surface area contributed by atoms with E-state index < -0.39 is 6.10 Å². The van der Waals surface area contributed by atoms with Gasteiger partial charge in [-0.3, -0.25) is 0 Å². The number of urea groups is 1. The van der Waals surface area contributed by atoms with Gasteiger partial charge < -0.3 is 20.8 Å². The van der Waals surface area contributed by atoms with Crippen molar-refractivity contribution in [1.29, 1.82) is 0 Å². The predicted molar refractivity (Wildman–Crippen MR) is 94.5 cm³/mol. The van der Waals surface area contributed by atoms with Gasteiger partial charge in [0, 0.05) is 18.8 Å². The Bertz CT molecular complexity index is 666. The summed E-state index contributed by atoms with van der Waals surface area (Å²) in [5.41, 5.74) is 0.555. The molecule has 0 fully saturated rings. The van der Waals surface area contributed by atoms with E-state index in [0.29, 0.717) is 12.1 Å². The number of aromatic nitrogens is 2. The maximum atomic E-state index is 11.7. The molecule has 0 aliphatic rings. The Balaban J connectivity index is 1.58. The number of hydrogen-bond donors (Lipinski definition) is 4. The highest BCUT2D eigenvalue weighted by atomic mass is 32.2. The molecule has 7 nitrogen and oxygen atoms in total. The number of phenols is 1. The van der Waals surface area contributed by atoms with Crippen LogP contribution in [0.2, 0.25) is 0 Å². The second-order valence-corrected chi connectivity index (χ2v) is 7.56. The highest BCUT2D eigenvalue weighted by Gasteiger charge is 2.09. The van der Waals surface area contributed by atoms with Crippen LogP contribution in [-0.4, -0.2) is 45.3 Å². The van der Waals surface area contributed by atoms with Crippen molar-refractivity contribution in [3.63, 3.8) is 0 Å². The molecule has 0 saturated carbocycles. The number of aryl methyl sites for hydroxylation is 1. The van der Waals surface area contributed by atoms with Gasteiger partial charge >= 0.3 is 6.03 Å². The number of aliphatic hydroxyl groups is 1. The first kappa shape index (κ1) is 18.5. The largest absolute Gasteiger partial charge is 0.508 e. The molecular formula is C15H20N4O3S2. The molecule has 24 heavy (non-hydrogen) atoms. The smallest absolute Gasteiger partial charge is 0.314 e. The number of carbonyl (C=O) groups is 1. The van der Waals surface area contributed by atoms with Crippen molar-refractivity contribution in [2.24, 2.45) is 0 Å². The van der Waals surface area contributed by atoms with Crippen molar-refractivity contribution in [3.05, 3.63) is 34.8 Å². The maximum absolute atomic E-state index is 11.7. The van der Waals surface area contributed by atoms with Crippen molar-refractivity contribution in [1.82, 2.24) is 20.8 Å². The van der Waals surface area contributed by atoms with Gasteiger partial charge in [0.15, 0.2) is 4.34 Å². The Morgan fingerprint density at radius 3 is 2.92 bits per heavy atom. The third-order valence-corrected chi connectivity index (χ3v) is 5.11. The number of benzene rings is 1. The summed E-state index contributed by atoms with van der Waals surface area (Å²) >= 11 is 3.18. The first-order chi connectivity index (χ1) is 11.5. The van der Waals surface area contributed by atoms with Crippen LogP contribution in [-0.2, 0) is 0 Å². The molecule has 1 aromatic carbocycles. The van der Waals surface area contributed by atoms with Crippen LogP contribution < -0.4 is 10.6 Å². The second kappa shape index (κ2) is 9.45. The topological polar surface area (TPSA) is 107 Å². The minimum atomic E-state index is -0.862. The van der Waals surface area contributed by atoms with Gasteiger partial charge in [0.1, 0.15) is 10.8 Å². The third kappa shape index (κ3) is 6.34. The molecule has 1 heterocycles. The lowest BCUT2D eigenvalue weighted by Crippen LogP contribution is -2.38. The Morgan fingerprint density at radius 1 is 1.38 bits per heavy atom. The fourth-order valence-electron chi connectivity index (χ4n) is 1.87. The fraction of sp³-hybridized carbons (Fsp3) is 0.400. The van der Waals surface area contributed by atoms with Crippen LogP contribution in [0.25, 0.3) is 0 Å². The van der Waals surface area contributed by atoms with Crippen LogP contribution in [0, 0.1) is 6.92 Å². The molecule has 2 rings (SSSR count). The minimum absolute atomic E-state index is 0.0775. The highest BCUT2D eigenvalue weighted by Crippen LogP contribution is 2.22. The van der Waals surface area contributed by atoms with Crippen molar-refractivity contribution in [2.45, 2.75) is 23.8 Å². The van der Waals surface area contributed by atoms with Gasteiger partial charge in [0.05, 0.1) is 6.10 Å². The number of carbonyl (C=O) groups excluding carboxylic acids is 1. The molecule has 1 aromatic heterocycles. The summed E-state index contributed by atoms with van der Waals surface area (Å²) in [4.78, 5) is 11.7. The van der Waals surface area contributed by atoms with Crippen LogP contribution in [0.15, 0.2) is 28.6 Å². The van der Waals surface area contributed by atoms with Crippen LogP contribution in [0.4, 0.5) is 4.79 Å². The Hall–Kier alpha value is -1.84. The standard InChI is InChI=1S/C15H20N4O3S2/c1-10-18-19-15(24-10)23-7-3-6-16-14(22)17-9-13(21)11-4-2-5-12(20)8-11/h2,4-5,8,13,20-21H,3,6-7,9H2,1H3,(H2,16,17,22). The summed E-state index contributed by atoms with van der Waals surface area (Å²) in [6, 6.07) is 6.00. The summed E-state index contributed by atoms with van der Waals surface area (Å²) in [5.74, 6) is 0.931. The molecule has 0 saturated heterocycles. The van der Waals surface area contributed by atoms with E-state index in [1.807, 2.05) is 6.92 Å². The monoisotopic (exact) mass is 368 g/mol. The number of nitrogens with one attached hydrogen (secondary N) is 2. The number of aromatic hydroxyl groups is 1. The SMILES string of the molecule is Cc1nnc(SCCCNC(=O)NCC(O)c2cccc(O)c2)s1. The maximum Gasteiger partial charge on any atom is 0.314 e. The van der Waals surface area contributed by atoms with Crippen LogP contribution in [0.1, 0.15) is 23.1 Å². The molecule has 130 valence electrons. The number of rotatable bonds is 8. The summed E-state index contributed by atoms with van der Waals surface area (Å²) in [6.45, 7) is 2.53. The van der Waals surface area contributed by atoms with Crippen molar-refractivity contribution in [3.8, 4) is 5.75 Å². The normalized spacial score (nSPS) is 11.9. The quantitative estimate of drug-likeness (QED) is 0.420. The van der Waals surface area contributed by atoms with Gasteiger partial charge in [-0.15, -0.1) is 10.2 Å². The number of amides is 2. The zero-order valence-corrected chi connectivity index (χ0v) is 14.9. The average molecular weight is 368 g/mol. The zero-order chi connectivity index (χ0) is 17.4. The lowest BCUT2D eigenvalue weighted by molar-refractivity contribution is 0.173. The summed E-state index contributed by atoms with van der Waals surface area (Å²) in [5, 5.41) is 33.6. The Kier molecular flexibility index (Phi) is 7.29. The first-order valence-corrected chi connectivity index (χ1v) is 9.26. The molecule has 1 unspecified atom stereocenters. The molecule has 1 atom stereocenters. The minimum Gasteiger partial charge on any atom is -0.508 e. The van der Waals surface area contributed by atoms with Gasteiger partial charge in [-0.2, -0.15) is 0 Å². The Labute approximate surface area is 148 Å². The molecule has 0 spiro atoms. The number of aliphatic hydroxyl groups excluding tert-OH is 1. The lowest BCUT2D eigenvalue weighted by atomic mass is 10.1. The van der Waals surface area contributed by atoms with E-state index in [1.165, 1.54) is 12.1 Å². The molecular weight excluding hydrogens is 348 g/mol. The molecule has 2 aromatic rings. The molecule has 0 aliphatic carbocycles. The molecule has 0 radical (unpaired) electrons. The average Bonchev–Trinajstić information content (AvgIpc) is 2.97. The third-order valence-electron chi connectivity index (χ3n) is 3.05. The molecule has 2 amide bonds. The fourth-order valence-corrected chi connectivity index (χ4v) is 3.70. The highest BCUT2D eigenvalue weighted by molar-refractivity contribution is 8.01. The van der Waals surface area contributed by atoms with Crippen LogP contribution in [0.5, 0.6) is 5.75 Å². The predicted octanol–water partition coefficient (Wildman–Crippen LogP) is 2.07. The molecule has 9 heteroatoms. The Morgan fingerprint density at radius 2 is 2.21 bits per heavy atom. The van der Waals surface area contributed by atoms with Crippen molar-refractivity contribution in [2.75, 3.05) is 18.8 Å². The van der Waals surface area contributed by atoms with Gasteiger partial charge in [0.25, 0.3) is 0 Å². The van der Waals surface area contributed by atoms with E-state index in [4.69, 9.17) is 0 Å². The van der Waals surface area contributed by atoms with Crippen molar-refractivity contribution >= 4 is 29.1 Å². The number of thioether (sulfide) groups is 1. The van der Waals surface area contributed by atoms with E-state index in [-0.39, 0.29) is 18.3 Å².